The SMILES string of the molecule is COC[C@@H](C)n1c(C)cc(/C=C(\C#N)C(=O)Nc2ccc3c(c2)OC(F)(F)O3)c1C. The number of nitriles is 1. The maximum absolute atomic E-state index is 13.1. The summed E-state index contributed by atoms with van der Waals surface area (Å²) in [5, 5.41) is 12.0. The highest BCUT2D eigenvalue weighted by atomic mass is 19.3. The predicted molar refractivity (Wildman–Crippen MR) is 105 cm³/mol. The number of benzene rings is 1. The van der Waals surface area contributed by atoms with Gasteiger partial charge in [0.1, 0.15) is 11.6 Å². The van der Waals surface area contributed by atoms with E-state index in [9.17, 15) is 18.8 Å². The Morgan fingerprint density at radius 2 is 2.03 bits per heavy atom. The van der Waals surface area contributed by atoms with Crippen LogP contribution in [-0.2, 0) is 9.53 Å². The summed E-state index contributed by atoms with van der Waals surface area (Å²) in [7, 11) is 1.63. The van der Waals surface area contributed by atoms with Crippen molar-refractivity contribution in [2.75, 3.05) is 19.0 Å². The number of methoxy groups -OCH3 is 1. The monoisotopic (exact) mass is 417 g/mol. The van der Waals surface area contributed by atoms with Crippen LogP contribution < -0.4 is 14.8 Å². The van der Waals surface area contributed by atoms with Gasteiger partial charge < -0.3 is 24.1 Å². The molecule has 9 heteroatoms. The Bertz CT molecular complexity index is 1050. The number of fused-ring (bicyclic) bond motifs is 1. The third-order valence-electron chi connectivity index (χ3n) is 4.70. The molecule has 158 valence electrons. The number of carbonyl (C=O) groups excluding carboxylic acids is 1. The van der Waals surface area contributed by atoms with Gasteiger partial charge in [-0.1, -0.05) is 0 Å². The van der Waals surface area contributed by atoms with Crippen LogP contribution >= 0.6 is 0 Å². The first-order valence-electron chi connectivity index (χ1n) is 9.15. The highest BCUT2D eigenvalue weighted by molar-refractivity contribution is 6.09. The van der Waals surface area contributed by atoms with E-state index in [2.05, 4.69) is 19.4 Å². The number of hydrogen-bond acceptors (Lipinski definition) is 5. The van der Waals surface area contributed by atoms with E-state index in [-0.39, 0.29) is 28.8 Å². The Hall–Kier alpha value is -3.38. The molecule has 3 rings (SSSR count). The maximum Gasteiger partial charge on any atom is 0.586 e. The van der Waals surface area contributed by atoms with Crippen LogP contribution in [0.3, 0.4) is 0 Å². The molecule has 0 saturated carbocycles. The maximum atomic E-state index is 13.1. The number of hydrogen-bond donors (Lipinski definition) is 1. The van der Waals surface area contributed by atoms with Crippen LogP contribution in [0.4, 0.5) is 14.5 Å². The average Bonchev–Trinajstić information content (AvgIpc) is 3.12. The number of aryl methyl sites for hydroxylation is 1. The van der Waals surface area contributed by atoms with Crippen molar-refractivity contribution in [1.29, 1.82) is 5.26 Å². The zero-order chi connectivity index (χ0) is 22.1. The van der Waals surface area contributed by atoms with Gasteiger partial charge >= 0.3 is 6.29 Å². The second kappa shape index (κ2) is 8.16. The molecule has 1 aromatic carbocycles. The van der Waals surface area contributed by atoms with Gasteiger partial charge in [-0.05, 0) is 50.6 Å². The molecule has 2 heterocycles. The Kier molecular flexibility index (Phi) is 5.80. The number of ether oxygens (including phenoxy) is 3. The zero-order valence-corrected chi connectivity index (χ0v) is 17.0. The van der Waals surface area contributed by atoms with Crippen LogP contribution in [-0.4, -0.2) is 30.5 Å². The standard InChI is InChI=1S/C21H21F2N3O4/c1-12-7-15(14(3)26(12)13(2)11-28-4)8-16(10-24)20(27)25-17-5-6-18-19(9-17)30-21(22,23)29-18/h5-9,13H,11H2,1-4H3,(H,25,27)/b16-8+/t13-/m1/s1. The van der Waals surface area contributed by atoms with Crippen molar-refractivity contribution in [3.63, 3.8) is 0 Å². The molecule has 2 aromatic rings. The minimum Gasteiger partial charge on any atom is -0.395 e. The molecule has 1 aromatic heterocycles. The summed E-state index contributed by atoms with van der Waals surface area (Å²) >= 11 is 0. The highest BCUT2D eigenvalue weighted by Crippen LogP contribution is 2.42. The molecule has 1 atom stereocenters. The van der Waals surface area contributed by atoms with Crippen molar-refractivity contribution in [2.45, 2.75) is 33.1 Å². The molecule has 0 unspecified atom stereocenters. The van der Waals surface area contributed by atoms with Crippen molar-refractivity contribution in [2.24, 2.45) is 0 Å². The van der Waals surface area contributed by atoms with Crippen molar-refractivity contribution >= 4 is 17.7 Å². The zero-order valence-electron chi connectivity index (χ0n) is 17.0. The van der Waals surface area contributed by atoms with Gasteiger partial charge in [-0.25, -0.2) is 0 Å². The van der Waals surface area contributed by atoms with Gasteiger partial charge in [0.05, 0.1) is 12.6 Å². The van der Waals surface area contributed by atoms with Gasteiger partial charge in [0.25, 0.3) is 5.91 Å². The summed E-state index contributed by atoms with van der Waals surface area (Å²) in [6.45, 7) is 6.37. The lowest BCUT2D eigenvalue weighted by atomic mass is 10.1. The molecule has 0 radical (unpaired) electrons. The Balaban J connectivity index is 1.82. The van der Waals surface area contributed by atoms with Crippen LogP contribution in [0.15, 0.2) is 29.8 Å². The molecule has 1 N–H and O–H groups in total. The molecule has 1 aliphatic heterocycles. The first-order valence-corrected chi connectivity index (χ1v) is 9.15. The van der Waals surface area contributed by atoms with Crippen LogP contribution in [0.5, 0.6) is 11.5 Å². The molecule has 30 heavy (non-hydrogen) atoms. The molecule has 0 spiro atoms. The number of carbonyl (C=O) groups is 1. The number of halogens is 2. The van der Waals surface area contributed by atoms with Gasteiger partial charge in [0.15, 0.2) is 11.5 Å². The summed E-state index contributed by atoms with van der Waals surface area (Å²) in [6.07, 6.45) is -2.25. The largest absolute Gasteiger partial charge is 0.586 e. The molecular weight excluding hydrogens is 396 g/mol. The fraction of sp³-hybridized carbons (Fsp3) is 0.333. The fourth-order valence-corrected chi connectivity index (χ4v) is 3.47. The lowest BCUT2D eigenvalue weighted by Crippen LogP contribution is -2.25. The fourth-order valence-electron chi connectivity index (χ4n) is 3.47. The van der Waals surface area contributed by atoms with Crippen LogP contribution in [0.2, 0.25) is 0 Å². The Morgan fingerprint density at radius 1 is 1.33 bits per heavy atom. The third kappa shape index (κ3) is 4.28. The van der Waals surface area contributed by atoms with E-state index >= 15 is 0 Å². The van der Waals surface area contributed by atoms with Crippen LogP contribution in [0.1, 0.15) is 29.9 Å². The topological polar surface area (TPSA) is 85.5 Å². The summed E-state index contributed by atoms with van der Waals surface area (Å²) in [5.74, 6) is -1.000. The quantitative estimate of drug-likeness (QED) is 0.563. The predicted octanol–water partition coefficient (Wildman–Crippen LogP) is 4.18. The number of anilines is 1. The number of rotatable bonds is 6. The molecule has 1 aliphatic rings. The minimum absolute atomic E-state index is 0.0864. The number of amides is 1. The number of aromatic nitrogens is 1. The van der Waals surface area contributed by atoms with Crippen molar-refractivity contribution in [3.8, 4) is 17.6 Å². The Labute approximate surface area is 172 Å². The van der Waals surface area contributed by atoms with Gasteiger partial charge in [0, 0.05) is 30.3 Å². The lowest BCUT2D eigenvalue weighted by Gasteiger charge is -2.17. The molecule has 1 amide bonds. The van der Waals surface area contributed by atoms with Crippen LogP contribution in [0.25, 0.3) is 6.08 Å². The number of nitrogens with one attached hydrogen (secondary N) is 1. The summed E-state index contributed by atoms with van der Waals surface area (Å²) < 4.78 is 42.3. The molecule has 7 nitrogen and oxygen atoms in total. The molecular formula is C21H21F2N3O4. The van der Waals surface area contributed by atoms with Crippen LogP contribution in [0, 0.1) is 25.2 Å². The van der Waals surface area contributed by atoms with Crippen molar-refractivity contribution in [1.82, 2.24) is 4.57 Å². The second-order valence-corrected chi connectivity index (χ2v) is 6.95. The summed E-state index contributed by atoms with van der Waals surface area (Å²) in [5.41, 5.74) is 2.66. The lowest BCUT2D eigenvalue weighted by molar-refractivity contribution is -0.286. The van der Waals surface area contributed by atoms with E-state index in [0.29, 0.717) is 6.61 Å². The van der Waals surface area contributed by atoms with Crippen molar-refractivity contribution < 1.29 is 27.8 Å². The van der Waals surface area contributed by atoms with E-state index in [1.165, 1.54) is 24.3 Å². The van der Waals surface area contributed by atoms with E-state index in [1.54, 1.807) is 7.11 Å². The smallest absolute Gasteiger partial charge is 0.395 e. The Morgan fingerprint density at radius 3 is 2.70 bits per heavy atom. The van der Waals surface area contributed by atoms with Gasteiger partial charge in [0.2, 0.25) is 0 Å². The summed E-state index contributed by atoms with van der Waals surface area (Å²) in [4.78, 5) is 12.6. The van der Waals surface area contributed by atoms with E-state index in [4.69, 9.17) is 4.74 Å². The second-order valence-electron chi connectivity index (χ2n) is 6.95. The van der Waals surface area contributed by atoms with E-state index in [1.807, 2.05) is 32.9 Å². The molecule has 0 fully saturated rings. The number of alkyl halides is 2. The third-order valence-corrected chi connectivity index (χ3v) is 4.70. The molecule has 0 saturated heterocycles. The highest BCUT2D eigenvalue weighted by Gasteiger charge is 2.43. The van der Waals surface area contributed by atoms with Gasteiger partial charge in [-0.15, -0.1) is 8.78 Å². The van der Waals surface area contributed by atoms with E-state index in [0.717, 1.165) is 17.0 Å². The van der Waals surface area contributed by atoms with Gasteiger partial charge in [-0.3, -0.25) is 4.79 Å². The number of nitrogens with zero attached hydrogens (tertiary/aromatic N) is 2. The van der Waals surface area contributed by atoms with E-state index < -0.39 is 12.2 Å². The minimum atomic E-state index is -3.74. The van der Waals surface area contributed by atoms with Crippen molar-refractivity contribution in [3.05, 3.63) is 46.8 Å². The normalized spacial score (nSPS) is 15.6. The first-order chi connectivity index (χ1) is 14.1. The average molecular weight is 417 g/mol. The summed E-state index contributed by atoms with van der Waals surface area (Å²) in [6, 6.07) is 7.71. The molecule has 0 aliphatic carbocycles. The molecule has 0 bridgehead atoms. The van der Waals surface area contributed by atoms with Gasteiger partial charge in [-0.2, -0.15) is 5.26 Å². The first kappa shape index (κ1) is 21.3.